The number of alkyl carbamates (subject to hydrolysis) is 1. The molecule has 3 unspecified atom stereocenters. The second kappa shape index (κ2) is 18.1. The average molecular weight is 574 g/mol. The molecule has 0 bridgehead atoms. The molecular formula is C32H51N3O6. The third kappa shape index (κ3) is 12.8. The normalized spacial score (nSPS) is 13.3. The Morgan fingerprint density at radius 1 is 1.05 bits per heavy atom. The van der Waals surface area contributed by atoms with Crippen LogP contribution in [0.1, 0.15) is 104 Å². The van der Waals surface area contributed by atoms with E-state index in [1.807, 2.05) is 19.9 Å². The first-order chi connectivity index (χ1) is 19.4. The molecule has 1 aromatic carbocycles. The molecule has 230 valence electrons. The summed E-state index contributed by atoms with van der Waals surface area (Å²) in [6, 6.07) is 5.26. The Labute approximate surface area is 246 Å². The molecule has 3 amide bonds. The van der Waals surface area contributed by atoms with Crippen LogP contribution in [-0.4, -0.2) is 60.6 Å². The molecule has 2 N–H and O–H groups in total. The number of ether oxygens (including phenoxy) is 2. The largest absolute Gasteiger partial charge is 0.468 e. The zero-order valence-corrected chi connectivity index (χ0v) is 26.1. The third-order valence-electron chi connectivity index (χ3n) is 6.84. The number of benzene rings is 1. The molecule has 0 aliphatic rings. The number of hydrogen-bond acceptors (Lipinski definition) is 6. The standard InChI is InChI=1S/C32H51N3O6/c1-9-12-13-14-15-16-20-35(30(38)27(23(4)10-2)34-31(39)41-32(5,6)7)28(29(37)33-22-26(36)40-8)25-19-17-18-24(11-3)21-25/h11,17-19,21,23,27-28H,3,9-10,12-16,20,22H2,1-2,4-8H3,(H,33,37)(H,34,39). The van der Waals surface area contributed by atoms with E-state index in [0.29, 0.717) is 24.9 Å². The predicted octanol–water partition coefficient (Wildman–Crippen LogP) is 5.79. The van der Waals surface area contributed by atoms with Crippen molar-refractivity contribution in [1.82, 2.24) is 15.5 Å². The molecule has 0 saturated carbocycles. The lowest BCUT2D eigenvalue weighted by atomic mass is 9.95. The van der Waals surface area contributed by atoms with Crippen LogP contribution in [0.2, 0.25) is 0 Å². The Morgan fingerprint density at radius 3 is 2.29 bits per heavy atom. The van der Waals surface area contributed by atoms with Gasteiger partial charge in [0.1, 0.15) is 24.2 Å². The minimum absolute atomic E-state index is 0.236. The average Bonchev–Trinajstić information content (AvgIpc) is 2.93. The summed E-state index contributed by atoms with van der Waals surface area (Å²) in [5.74, 6) is -1.74. The van der Waals surface area contributed by atoms with Gasteiger partial charge in [-0.25, -0.2) is 4.79 Å². The van der Waals surface area contributed by atoms with Gasteiger partial charge < -0.3 is 25.0 Å². The van der Waals surface area contributed by atoms with E-state index in [2.05, 4.69) is 24.1 Å². The number of amides is 3. The highest BCUT2D eigenvalue weighted by Crippen LogP contribution is 2.26. The number of nitrogens with zero attached hydrogens (tertiary/aromatic N) is 1. The fourth-order valence-electron chi connectivity index (χ4n) is 4.38. The van der Waals surface area contributed by atoms with Gasteiger partial charge in [0.15, 0.2) is 0 Å². The Hall–Kier alpha value is -3.36. The lowest BCUT2D eigenvalue weighted by Gasteiger charge is -2.36. The van der Waals surface area contributed by atoms with Crippen LogP contribution in [-0.2, 0) is 23.9 Å². The highest BCUT2D eigenvalue weighted by atomic mass is 16.6. The Bertz CT molecular complexity index is 1000. The first-order valence-electron chi connectivity index (χ1n) is 14.7. The smallest absolute Gasteiger partial charge is 0.408 e. The molecule has 41 heavy (non-hydrogen) atoms. The molecule has 9 heteroatoms. The van der Waals surface area contributed by atoms with Crippen LogP contribution in [0.15, 0.2) is 30.8 Å². The topological polar surface area (TPSA) is 114 Å². The summed E-state index contributed by atoms with van der Waals surface area (Å²) < 4.78 is 10.2. The van der Waals surface area contributed by atoms with E-state index in [4.69, 9.17) is 9.47 Å². The minimum atomic E-state index is -1.05. The maximum atomic E-state index is 14.3. The second-order valence-electron chi connectivity index (χ2n) is 11.4. The molecule has 0 saturated heterocycles. The van der Waals surface area contributed by atoms with Crippen LogP contribution < -0.4 is 10.6 Å². The van der Waals surface area contributed by atoms with Crippen molar-refractivity contribution in [2.24, 2.45) is 5.92 Å². The SMILES string of the molecule is C=Cc1cccc(C(C(=O)NCC(=O)OC)N(CCCCCCCC)C(=O)C(NC(=O)OC(C)(C)C)C(C)CC)c1. The van der Waals surface area contributed by atoms with Gasteiger partial charge in [0.2, 0.25) is 11.8 Å². The van der Waals surface area contributed by atoms with Gasteiger partial charge in [-0.3, -0.25) is 14.4 Å². The molecular weight excluding hydrogens is 522 g/mol. The van der Waals surface area contributed by atoms with E-state index in [1.165, 1.54) is 12.0 Å². The highest BCUT2D eigenvalue weighted by Gasteiger charge is 2.38. The molecule has 0 fully saturated rings. The van der Waals surface area contributed by atoms with Gasteiger partial charge in [-0.05, 0) is 50.3 Å². The molecule has 0 spiro atoms. The Kier molecular flexibility index (Phi) is 15.8. The molecule has 0 heterocycles. The van der Waals surface area contributed by atoms with E-state index in [-0.39, 0.29) is 18.4 Å². The molecule has 0 aromatic heterocycles. The first-order valence-corrected chi connectivity index (χ1v) is 14.7. The summed E-state index contributed by atoms with van der Waals surface area (Å²) in [4.78, 5) is 54.2. The number of esters is 1. The quantitative estimate of drug-likeness (QED) is 0.180. The van der Waals surface area contributed by atoms with Gasteiger partial charge in [0.25, 0.3) is 0 Å². The number of carbonyl (C=O) groups is 4. The lowest BCUT2D eigenvalue weighted by Crippen LogP contribution is -2.55. The Morgan fingerprint density at radius 2 is 1.71 bits per heavy atom. The zero-order chi connectivity index (χ0) is 31.0. The summed E-state index contributed by atoms with van der Waals surface area (Å²) in [5, 5.41) is 5.41. The van der Waals surface area contributed by atoms with Crippen molar-refractivity contribution in [2.45, 2.75) is 104 Å². The number of carbonyl (C=O) groups excluding carboxylic acids is 4. The molecule has 1 aromatic rings. The van der Waals surface area contributed by atoms with Gasteiger partial charge in [0.05, 0.1) is 7.11 Å². The van der Waals surface area contributed by atoms with Crippen LogP contribution in [0, 0.1) is 5.92 Å². The Balaban J connectivity index is 3.53. The third-order valence-corrected chi connectivity index (χ3v) is 6.84. The fraction of sp³-hybridized carbons (Fsp3) is 0.625. The van der Waals surface area contributed by atoms with Gasteiger partial charge in [-0.1, -0.05) is 90.2 Å². The van der Waals surface area contributed by atoms with Gasteiger partial charge in [-0.2, -0.15) is 0 Å². The summed E-state index contributed by atoms with van der Waals surface area (Å²) >= 11 is 0. The van der Waals surface area contributed by atoms with Gasteiger partial charge >= 0.3 is 12.1 Å². The van der Waals surface area contributed by atoms with E-state index < -0.39 is 35.7 Å². The van der Waals surface area contributed by atoms with Crippen molar-refractivity contribution in [2.75, 3.05) is 20.2 Å². The second-order valence-corrected chi connectivity index (χ2v) is 11.4. The van der Waals surface area contributed by atoms with Gasteiger partial charge in [0, 0.05) is 6.54 Å². The molecule has 3 atom stereocenters. The maximum Gasteiger partial charge on any atom is 0.408 e. The zero-order valence-electron chi connectivity index (χ0n) is 26.1. The van der Waals surface area contributed by atoms with E-state index in [9.17, 15) is 19.2 Å². The molecule has 9 nitrogen and oxygen atoms in total. The van der Waals surface area contributed by atoms with Crippen molar-refractivity contribution >= 4 is 30.0 Å². The molecule has 0 radical (unpaired) electrons. The first kappa shape index (κ1) is 35.7. The molecule has 0 aliphatic carbocycles. The summed E-state index contributed by atoms with van der Waals surface area (Å²) in [5.41, 5.74) is 0.613. The number of hydrogen-bond donors (Lipinski definition) is 2. The van der Waals surface area contributed by atoms with Crippen molar-refractivity contribution in [1.29, 1.82) is 0 Å². The van der Waals surface area contributed by atoms with Crippen molar-refractivity contribution in [3.05, 3.63) is 42.0 Å². The van der Waals surface area contributed by atoms with E-state index >= 15 is 0 Å². The van der Waals surface area contributed by atoms with Crippen LogP contribution in [0.3, 0.4) is 0 Å². The maximum absolute atomic E-state index is 14.3. The van der Waals surface area contributed by atoms with Crippen LogP contribution in [0.4, 0.5) is 4.79 Å². The van der Waals surface area contributed by atoms with Gasteiger partial charge in [-0.15, -0.1) is 0 Å². The van der Waals surface area contributed by atoms with Crippen molar-refractivity contribution in [3.8, 4) is 0 Å². The van der Waals surface area contributed by atoms with E-state index in [0.717, 1.165) is 37.7 Å². The number of nitrogens with one attached hydrogen (secondary N) is 2. The summed E-state index contributed by atoms with van der Waals surface area (Å²) in [6.45, 7) is 15.0. The number of rotatable bonds is 17. The number of methoxy groups -OCH3 is 1. The van der Waals surface area contributed by atoms with Crippen molar-refractivity contribution < 1.29 is 28.7 Å². The predicted molar refractivity (Wildman–Crippen MR) is 162 cm³/mol. The van der Waals surface area contributed by atoms with Crippen molar-refractivity contribution in [3.63, 3.8) is 0 Å². The van der Waals surface area contributed by atoms with Crippen LogP contribution in [0.5, 0.6) is 0 Å². The fourth-order valence-corrected chi connectivity index (χ4v) is 4.38. The van der Waals surface area contributed by atoms with E-state index in [1.54, 1.807) is 45.0 Å². The highest BCUT2D eigenvalue weighted by molar-refractivity contribution is 5.93. The number of unbranched alkanes of at least 4 members (excludes halogenated alkanes) is 5. The minimum Gasteiger partial charge on any atom is -0.468 e. The van der Waals surface area contributed by atoms with Crippen LogP contribution in [0.25, 0.3) is 6.08 Å². The summed E-state index contributed by atoms with van der Waals surface area (Å²) in [7, 11) is 1.24. The molecule has 0 aliphatic heterocycles. The molecule has 1 rings (SSSR count). The van der Waals surface area contributed by atoms with Crippen LogP contribution >= 0.6 is 0 Å². The lowest BCUT2D eigenvalue weighted by molar-refractivity contribution is -0.145. The monoisotopic (exact) mass is 573 g/mol. The summed E-state index contributed by atoms with van der Waals surface area (Å²) in [6.07, 6.45) is 7.54.